The summed E-state index contributed by atoms with van der Waals surface area (Å²) in [5, 5.41) is 21.7. The molecule has 0 bridgehead atoms. The molecule has 18 heavy (non-hydrogen) atoms. The number of imide groups is 1. The van der Waals surface area contributed by atoms with Crippen molar-refractivity contribution >= 4 is 23.4 Å². The molecule has 0 fully saturated rings. The second kappa shape index (κ2) is 5.06. The normalized spacial score (nSPS) is 17.3. The SMILES string of the molecule is O=C1NC(=O)c2cc(C(O)C(O)CCCl)ccc21. The van der Waals surface area contributed by atoms with E-state index in [2.05, 4.69) is 5.32 Å². The summed E-state index contributed by atoms with van der Waals surface area (Å²) in [4.78, 5) is 22.8. The van der Waals surface area contributed by atoms with E-state index in [4.69, 9.17) is 11.6 Å². The van der Waals surface area contributed by atoms with Gasteiger partial charge in [-0.05, 0) is 24.1 Å². The predicted octanol–water partition coefficient (Wildman–Crippen LogP) is 0.593. The molecule has 3 N–H and O–H groups in total. The van der Waals surface area contributed by atoms with Crippen LogP contribution in [0.3, 0.4) is 0 Å². The van der Waals surface area contributed by atoms with E-state index in [0.29, 0.717) is 5.56 Å². The first-order valence-corrected chi connectivity index (χ1v) is 5.99. The fourth-order valence-electron chi connectivity index (χ4n) is 1.86. The molecule has 1 aliphatic heterocycles. The zero-order chi connectivity index (χ0) is 13.3. The average Bonchev–Trinajstić information content (AvgIpc) is 2.64. The van der Waals surface area contributed by atoms with E-state index in [1.54, 1.807) is 0 Å². The summed E-state index contributed by atoms with van der Waals surface area (Å²) in [6.45, 7) is 0. The summed E-state index contributed by atoms with van der Waals surface area (Å²) in [6, 6.07) is 4.39. The van der Waals surface area contributed by atoms with Crippen molar-refractivity contribution in [2.24, 2.45) is 0 Å². The third-order valence-electron chi connectivity index (χ3n) is 2.87. The molecule has 1 heterocycles. The summed E-state index contributed by atoms with van der Waals surface area (Å²) in [5.74, 6) is -0.712. The van der Waals surface area contributed by atoms with Gasteiger partial charge in [-0.3, -0.25) is 14.9 Å². The highest BCUT2D eigenvalue weighted by molar-refractivity contribution is 6.21. The van der Waals surface area contributed by atoms with Gasteiger partial charge in [0.25, 0.3) is 11.8 Å². The van der Waals surface area contributed by atoms with Crippen LogP contribution in [-0.2, 0) is 0 Å². The maximum atomic E-state index is 11.4. The van der Waals surface area contributed by atoms with Gasteiger partial charge in [0, 0.05) is 5.88 Å². The fourth-order valence-corrected chi connectivity index (χ4v) is 2.08. The van der Waals surface area contributed by atoms with Crippen LogP contribution in [0.5, 0.6) is 0 Å². The minimum absolute atomic E-state index is 0.217. The number of carbonyl (C=O) groups is 2. The van der Waals surface area contributed by atoms with Crippen LogP contribution in [0.25, 0.3) is 0 Å². The van der Waals surface area contributed by atoms with Gasteiger partial charge in [0.15, 0.2) is 0 Å². The van der Waals surface area contributed by atoms with Gasteiger partial charge in [-0.2, -0.15) is 0 Å². The van der Waals surface area contributed by atoms with E-state index in [1.165, 1.54) is 18.2 Å². The summed E-state index contributed by atoms with van der Waals surface area (Å²) in [6.07, 6.45) is -1.89. The maximum Gasteiger partial charge on any atom is 0.258 e. The number of alkyl halides is 1. The lowest BCUT2D eigenvalue weighted by Crippen LogP contribution is -2.20. The number of rotatable bonds is 4. The zero-order valence-corrected chi connectivity index (χ0v) is 10.1. The lowest BCUT2D eigenvalue weighted by Gasteiger charge is -2.17. The molecule has 1 aliphatic rings. The monoisotopic (exact) mass is 269 g/mol. The van der Waals surface area contributed by atoms with Gasteiger partial charge in [0.1, 0.15) is 6.10 Å². The number of fused-ring (bicyclic) bond motifs is 1. The lowest BCUT2D eigenvalue weighted by molar-refractivity contribution is 0.0169. The Morgan fingerprint density at radius 2 is 1.83 bits per heavy atom. The first kappa shape index (κ1) is 13.0. The Hall–Kier alpha value is -1.43. The largest absolute Gasteiger partial charge is 0.390 e. The highest BCUT2D eigenvalue weighted by Crippen LogP contribution is 2.24. The number of hydrogen-bond donors (Lipinski definition) is 3. The van der Waals surface area contributed by atoms with Crippen molar-refractivity contribution in [2.45, 2.75) is 18.6 Å². The molecular formula is C12H12ClNO4. The third kappa shape index (κ3) is 2.25. The molecule has 0 saturated heterocycles. The van der Waals surface area contributed by atoms with Gasteiger partial charge in [-0.25, -0.2) is 0 Å². The first-order valence-electron chi connectivity index (χ1n) is 5.46. The predicted molar refractivity (Wildman–Crippen MR) is 64.5 cm³/mol. The number of carbonyl (C=O) groups excluding carboxylic acids is 2. The maximum absolute atomic E-state index is 11.4. The first-order chi connectivity index (χ1) is 8.54. The van der Waals surface area contributed by atoms with E-state index in [9.17, 15) is 19.8 Å². The molecule has 0 spiro atoms. The number of aliphatic hydroxyl groups is 2. The van der Waals surface area contributed by atoms with Crippen LogP contribution in [0.2, 0.25) is 0 Å². The molecule has 0 aromatic heterocycles. The molecule has 0 radical (unpaired) electrons. The second-order valence-electron chi connectivity index (χ2n) is 4.08. The molecule has 1 aromatic carbocycles. The Bertz CT molecular complexity index is 503. The molecule has 2 rings (SSSR count). The van der Waals surface area contributed by atoms with Gasteiger partial charge in [0.2, 0.25) is 0 Å². The van der Waals surface area contributed by atoms with Gasteiger partial charge >= 0.3 is 0 Å². The van der Waals surface area contributed by atoms with E-state index in [-0.39, 0.29) is 23.4 Å². The third-order valence-corrected chi connectivity index (χ3v) is 3.09. The minimum Gasteiger partial charge on any atom is -0.390 e. The molecule has 5 nitrogen and oxygen atoms in total. The molecular weight excluding hydrogens is 258 g/mol. The number of nitrogens with one attached hydrogen (secondary N) is 1. The molecule has 6 heteroatoms. The molecule has 0 aliphatic carbocycles. The number of benzene rings is 1. The van der Waals surface area contributed by atoms with Crippen molar-refractivity contribution in [3.8, 4) is 0 Å². The molecule has 1 aromatic rings. The summed E-state index contributed by atoms with van der Waals surface area (Å²) in [5.41, 5.74) is 0.883. The van der Waals surface area contributed by atoms with E-state index in [0.717, 1.165) is 0 Å². The van der Waals surface area contributed by atoms with Crippen LogP contribution in [0, 0.1) is 0 Å². The Kier molecular flexibility index (Phi) is 3.65. The van der Waals surface area contributed by atoms with Crippen molar-refractivity contribution in [1.82, 2.24) is 5.32 Å². The Balaban J connectivity index is 2.29. The number of aliphatic hydroxyl groups excluding tert-OH is 2. The molecule has 2 atom stereocenters. The number of amides is 2. The summed E-state index contributed by atoms with van der Waals surface area (Å²) in [7, 11) is 0. The summed E-state index contributed by atoms with van der Waals surface area (Å²) >= 11 is 5.48. The van der Waals surface area contributed by atoms with Gasteiger partial charge in [-0.1, -0.05) is 6.07 Å². The van der Waals surface area contributed by atoms with Crippen LogP contribution in [0.15, 0.2) is 18.2 Å². The Morgan fingerprint density at radius 3 is 2.50 bits per heavy atom. The van der Waals surface area contributed by atoms with Crippen LogP contribution >= 0.6 is 11.6 Å². The minimum atomic E-state index is -1.13. The van der Waals surface area contributed by atoms with E-state index >= 15 is 0 Å². The topological polar surface area (TPSA) is 86.6 Å². The molecule has 96 valence electrons. The standard InChI is InChI=1S/C12H12ClNO4/c13-4-3-9(15)10(16)6-1-2-7-8(5-6)12(18)14-11(7)17/h1-2,5,9-10,15-16H,3-4H2,(H,14,17,18). The van der Waals surface area contributed by atoms with Crippen LogP contribution in [0.1, 0.15) is 38.8 Å². The summed E-state index contributed by atoms with van der Waals surface area (Å²) < 4.78 is 0. The number of halogens is 1. The van der Waals surface area contributed by atoms with Gasteiger partial charge in [-0.15, -0.1) is 11.6 Å². The quantitative estimate of drug-likeness (QED) is 0.552. The van der Waals surface area contributed by atoms with Crippen LogP contribution in [0.4, 0.5) is 0 Å². The second-order valence-corrected chi connectivity index (χ2v) is 4.46. The van der Waals surface area contributed by atoms with Crippen LogP contribution in [-0.4, -0.2) is 34.0 Å². The molecule has 2 unspecified atom stereocenters. The lowest BCUT2D eigenvalue weighted by atomic mass is 9.98. The Morgan fingerprint density at radius 1 is 1.17 bits per heavy atom. The van der Waals surface area contributed by atoms with E-state index in [1.807, 2.05) is 0 Å². The van der Waals surface area contributed by atoms with Gasteiger partial charge in [0.05, 0.1) is 17.2 Å². The number of hydrogen-bond acceptors (Lipinski definition) is 4. The average molecular weight is 270 g/mol. The molecule has 0 saturated carbocycles. The van der Waals surface area contributed by atoms with Crippen LogP contribution < -0.4 is 5.32 Å². The fraction of sp³-hybridized carbons (Fsp3) is 0.333. The smallest absolute Gasteiger partial charge is 0.258 e. The van der Waals surface area contributed by atoms with Crippen molar-refractivity contribution in [2.75, 3.05) is 5.88 Å². The van der Waals surface area contributed by atoms with Crippen molar-refractivity contribution in [1.29, 1.82) is 0 Å². The highest BCUT2D eigenvalue weighted by atomic mass is 35.5. The van der Waals surface area contributed by atoms with Gasteiger partial charge < -0.3 is 10.2 Å². The van der Waals surface area contributed by atoms with Crippen molar-refractivity contribution in [3.63, 3.8) is 0 Å². The Labute approximate surface area is 108 Å². The zero-order valence-electron chi connectivity index (χ0n) is 9.39. The molecule has 2 amide bonds. The van der Waals surface area contributed by atoms with E-state index < -0.39 is 24.0 Å². The highest BCUT2D eigenvalue weighted by Gasteiger charge is 2.28. The van der Waals surface area contributed by atoms with Crippen molar-refractivity contribution in [3.05, 3.63) is 34.9 Å². The van der Waals surface area contributed by atoms with Crippen molar-refractivity contribution < 1.29 is 19.8 Å².